The number of aromatic nitrogens is 1. The van der Waals surface area contributed by atoms with Gasteiger partial charge < -0.3 is 9.47 Å². The Bertz CT molecular complexity index is 996. The van der Waals surface area contributed by atoms with E-state index in [4.69, 9.17) is 9.47 Å². The topological polar surface area (TPSA) is 60.5 Å². The van der Waals surface area contributed by atoms with Gasteiger partial charge in [0.05, 0.1) is 19.4 Å². The summed E-state index contributed by atoms with van der Waals surface area (Å²) < 4.78 is 10.9. The highest BCUT2D eigenvalue weighted by atomic mass is 32.1. The standard InChI is InChI=1S/C22H22N2O3S/c1-3-4-11-27-16-7-5-14(6-8-16)21(25)24-22-23-20-18-10-9-17(26-2)12-15(18)13-19(20)28-22/h5-10,12H,3-4,11,13H2,1-2H3,(H,23,24,25). The minimum absolute atomic E-state index is 0.164. The molecule has 1 aromatic heterocycles. The molecule has 1 N–H and O–H groups in total. The number of nitrogens with zero attached hydrogens (tertiary/aromatic N) is 1. The normalized spacial score (nSPS) is 11.6. The van der Waals surface area contributed by atoms with Crippen LogP contribution in [0.15, 0.2) is 42.5 Å². The van der Waals surface area contributed by atoms with Crippen molar-refractivity contribution >= 4 is 22.4 Å². The molecule has 0 fully saturated rings. The number of rotatable bonds is 7. The van der Waals surface area contributed by atoms with Crippen LogP contribution in [0, 0.1) is 0 Å². The number of ether oxygens (including phenoxy) is 2. The van der Waals surface area contributed by atoms with Crippen molar-refractivity contribution in [3.8, 4) is 22.8 Å². The van der Waals surface area contributed by atoms with Gasteiger partial charge in [0.2, 0.25) is 0 Å². The summed E-state index contributed by atoms with van der Waals surface area (Å²) >= 11 is 1.52. The van der Waals surface area contributed by atoms with Crippen molar-refractivity contribution in [2.75, 3.05) is 19.0 Å². The van der Waals surface area contributed by atoms with E-state index in [2.05, 4.69) is 17.2 Å². The fourth-order valence-corrected chi connectivity index (χ4v) is 4.18. The Labute approximate surface area is 168 Å². The lowest BCUT2D eigenvalue weighted by atomic mass is 10.1. The molecule has 2 aromatic carbocycles. The molecular formula is C22H22N2O3S. The molecular weight excluding hydrogens is 372 g/mol. The summed E-state index contributed by atoms with van der Waals surface area (Å²) in [7, 11) is 1.67. The molecule has 0 unspecified atom stereocenters. The lowest BCUT2D eigenvalue weighted by molar-refractivity contribution is 0.102. The molecule has 0 saturated heterocycles. The lowest BCUT2D eigenvalue weighted by Crippen LogP contribution is -2.11. The number of methoxy groups -OCH3 is 1. The molecule has 0 atom stereocenters. The number of amides is 1. The second kappa shape index (κ2) is 8.02. The maximum Gasteiger partial charge on any atom is 0.257 e. The van der Waals surface area contributed by atoms with Crippen molar-refractivity contribution in [2.45, 2.75) is 26.2 Å². The van der Waals surface area contributed by atoms with Gasteiger partial charge in [0.15, 0.2) is 5.13 Å². The summed E-state index contributed by atoms with van der Waals surface area (Å²) in [5.74, 6) is 1.47. The van der Waals surface area contributed by atoms with Crippen molar-refractivity contribution in [3.05, 3.63) is 58.5 Å². The molecule has 6 heteroatoms. The first-order valence-electron chi connectivity index (χ1n) is 9.39. The number of unbranched alkanes of at least 4 members (excludes halogenated alkanes) is 1. The first-order chi connectivity index (χ1) is 13.7. The molecule has 5 nitrogen and oxygen atoms in total. The first-order valence-corrected chi connectivity index (χ1v) is 10.2. The minimum atomic E-state index is -0.164. The Morgan fingerprint density at radius 2 is 1.96 bits per heavy atom. The number of carbonyl (C=O) groups is 1. The van der Waals surface area contributed by atoms with Crippen LogP contribution < -0.4 is 14.8 Å². The Hall–Kier alpha value is -2.86. The van der Waals surface area contributed by atoms with Gasteiger partial charge in [-0.25, -0.2) is 4.98 Å². The molecule has 1 amide bonds. The van der Waals surface area contributed by atoms with Crippen LogP contribution in [0.4, 0.5) is 5.13 Å². The van der Waals surface area contributed by atoms with Crippen LogP contribution in [0.25, 0.3) is 11.3 Å². The van der Waals surface area contributed by atoms with Crippen molar-refractivity contribution < 1.29 is 14.3 Å². The van der Waals surface area contributed by atoms with E-state index in [1.165, 1.54) is 21.8 Å². The van der Waals surface area contributed by atoms with Gasteiger partial charge in [0.25, 0.3) is 5.91 Å². The van der Waals surface area contributed by atoms with Crippen LogP contribution in [0.5, 0.6) is 11.5 Å². The van der Waals surface area contributed by atoms with E-state index in [1.54, 1.807) is 19.2 Å². The Kier molecular flexibility index (Phi) is 5.30. The second-order valence-electron chi connectivity index (χ2n) is 6.67. The van der Waals surface area contributed by atoms with E-state index in [1.807, 2.05) is 30.3 Å². The fourth-order valence-electron chi connectivity index (χ4n) is 3.19. The Morgan fingerprint density at radius 1 is 1.18 bits per heavy atom. The van der Waals surface area contributed by atoms with Gasteiger partial charge in [-0.15, -0.1) is 11.3 Å². The average molecular weight is 394 g/mol. The van der Waals surface area contributed by atoms with Gasteiger partial charge in [0.1, 0.15) is 11.5 Å². The number of anilines is 1. The van der Waals surface area contributed by atoms with E-state index in [0.717, 1.165) is 42.0 Å². The lowest BCUT2D eigenvalue weighted by Gasteiger charge is -2.07. The quantitative estimate of drug-likeness (QED) is 0.440. The molecule has 0 bridgehead atoms. The maximum absolute atomic E-state index is 12.5. The maximum atomic E-state index is 12.5. The number of thiazole rings is 1. The number of fused-ring (bicyclic) bond motifs is 3. The van der Waals surface area contributed by atoms with Gasteiger partial charge in [-0.1, -0.05) is 13.3 Å². The van der Waals surface area contributed by atoms with Gasteiger partial charge >= 0.3 is 0 Å². The van der Waals surface area contributed by atoms with E-state index in [9.17, 15) is 4.79 Å². The van der Waals surface area contributed by atoms with Crippen molar-refractivity contribution in [3.63, 3.8) is 0 Å². The number of carbonyl (C=O) groups excluding carboxylic acids is 1. The highest BCUT2D eigenvalue weighted by Crippen LogP contribution is 2.42. The van der Waals surface area contributed by atoms with Gasteiger partial charge in [0, 0.05) is 22.4 Å². The zero-order valence-electron chi connectivity index (χ0n) is 16.0. The first kappa shape index (κ1) is 18.5. The monoisotopic (exact) mass is 394 g/mol. The molecule has 144 valence electrons. The molecule has 28 heavy (non-hydrogen) atoms. The van der Waals surface area contributed by atoms with Crippen LogP contribution in [0.2, 0.25) is 0 Å². The molecule has 0 radical (unpaired) electrons. The van der Waals surface area contributed by atoms with Gasteiger partial charge in [-0.2, -0.15) is 0 Å². The smallest absolute Gasteiger partial charge is 0.257 e. The average Bonchev–Trinajstić information content (AvgIpc) is 3.25. The van der Waals surface area contributed by atoms with E-state index >= 15 is 0 Å². The Morgan fingerprint density at radius 3 is 2.71 bits per heavy atom. The molecule has 0 aliphatic heterocycles. The fraction of sp³-hybridized carbons (Fsp3) is 0.273. The molecule has 1 aliphatic rings. The number of hydrogen-bond donors (Lipinski definition) is 1. The number of benzene rings is 2. The second-order valence-corrected chi connectivity index (χ2v) is 7.75. The molecule has 0 spiro atoms. The van der Waals surface area contributed by atoms with Crippen molar-refractivity contribution in [1.29, 1.82) is 0 Å². The zero-order chi connectivity index (χ0) is 19.5. The Balaban J connectivity index is 1.44. The summed E-state index contributed by atoms with van der Waals surface area (Å²) in [5, 5.41) is 3.54. The third kappa shape index (κ3) is 3.73. The van der Waals surface area contributed by atoms with Crippen LogP contribution in [-0.2, 0) is 6.42 Å². The molecule has 1 aliphatic carbocycles. The van der Waals surface area contributed by atoms with E-state index < -0.39 is 0 Å². The minimum Gasteiger partial charge on any atom is -0.497 e. The molecule has 4 rings (SSSR count). The van der Waals surface area contributed by atoms with Crippen molar-refractivity contribution in [2.24, 2.45) is 0 Å². The third-order valence-corrected chi connectivity index (χ3v) is 5.69. The largest absolute Gasteiger partial charge is 0.497 e. The van der Waals surface area contributed by atoms with Gasteiger partial charge in [-0.3, -0.25) is 10.1 Å². The predicted octanol–water partition coefficient (Wildman–Crippen LogP) is 5.15. The number of hydrogen-bond acceptors (Lipinski definition) is 5. The SMILES string of the molecule is CCCCOc1ccc(C(=O)Nc2nc3c(s2)Cc2cc(OC)ccc2-3)cc1. The number of nitrogens with one attached hydrogen (secondary N) is 1. The van der Waals surface area contributed by atoms with Crippen LogP contribution in [-0.4, -0.2) is 24.6 Å². The summed E-state index contributed by atoms with van der Waals surface area (Å²) in [4.78, 5) is 18.3. The van der Waals surface area contributed by atoms with Crippen molar-refractivity contribution in [1.82, 2.24) is 4.98 Å². The van der Waals surface area contributed by atoms with E-state index in [0.29, 0.717) is 17.3 Å². The molecule has 0 saturated carbocycles. The highest BCUT2D eigenvalue weighted by Gasteiger charge is 2.24. The summed E-state index contributed by atoms with van der Waals surface area (Å²) in [6.45, 7) is 2.82. The summed E-state index contributed by atoms with van der Waals surface area (Å²) in [6.07, 6.45) is 2.93. The molecule has 3 aromatic rings. The predicted molar refractivity (Wildman–Crippen MR) is 112 cm³/mol. The molecule has 1 heterocycles. The van der Waals surface area contributed by atoms with Crippen LogP contribution >= 0.6 is 11.3 Å². The third-order valence-electron chi connectivity index (χ3n) is 4.72. The zero-order valence-corrected chi connectivity index (χ0v) is 16.8. The van der Waals surface area contributed by atoms with E-state index in [-0.39, 0.29) is 5.91 Å². The summed E-state index contributed by atoms with van der Waals surface area (Å²) in [5.41, 5.74) is 3.87. The van der Waals surface area contributed by atoms with Crippen LogP contribution in [0.1, 0.15) is 40.6 Å². The van der Waals surface area contributed by atoms with Gasteiger partial charge in [-0.05, 0) is 54.4 Å². The van der Waals surface area contributed by atoms with Crippen LogP contribution in [0.3, 0.4) is 0 Å². The highest BCUT2D eigenvalue weighted by molar-refractivity contribution is 7.16. The summed E-state index contributed by atoms with van der Waals surface area (Å²) in [6, 6.07) is 13.2.